The molecular weight excluding hydrogens is 1160 g/mol. The van der Waals surface area contributed by atoms with Crippen LogP contribution in [0.15, 0.2) is 0 Å². The summed E-state index contributed by atoms with van der Waals surface area (Å²) >= 11 is 11.4. The van der Waals surface area contributed by atoms with Gasteiger partial charge >= 0.3 is 219 Å². The van der Waals surface area contributed by atoms with Gasteiger partial charge in [-0.05, 0) is 0 Å². The van der Waals surface area contributed by atoms with E-state index in [4.69, 9.17) is 1.37 Å². The van der Waals surface area contributed by atoms with Gasteiger partial charge in [0.2, 0.25) is 0 Å². The van der Waals surface area contributed by atoms with E-state index < -0.39 is 0 Å². The molecule has 2 heterocycles. The molecule has 2 saturated heterocycles. The Morgan fingerprint density at radius 2 is 1.41 bits per heavy atom. The first kappa shape index (κ1) is 36.7. The number of likely N-dealkylation sites (tertiary alicyclic amines) is 2. The van der Waals surface area contributed by atoms with Gasteiger partial charge < -0.3 is 0 Å². The number of piperidine rings is 2. The van der Waals surface area contributed by atoms with Crippen molar-refractivity contribution in [3.05, 3.63) is 0 Å². The van der Waals surface area contributed by atoms with E-state index in [0.29, 0.717) is 28.2 Å². The van der Waals surface area contributed by atoms with Crippen LogP contribution in [0.1, 0.15) is 63.1 Å². The van der Waals surface area contributed by atoms with Crippen molar-refractivity contribution in [1.82, 2.24) is 9.80 Å². The molecule has 2 unspecified atom stereocenters. The Bertz CT molecular complexity index is 357. The molecule has 0 aromatic carbocycles. The quantitative estimate of drug-likeness (QED) is 0.311. The van der Waals surface area contributed by atoms with Gasteiger partial charge in [-0.25, -0.2) is 0 Å². The Morgan fingerprint density at radius 1 is 1.00 bits per heavy atom. The van der Waals surface area contributed by atoms with Crippen molar-refractivity contribution in [2.24, 2.45) is 11.8 Å². The second kappa shape index (κ2) is 22.7. The van der Waals surface area contributed by atoms with E-state index in [1.807, 2.05) is 0 Å². The van der Waals surface area contributed by atoms with Crippen molar-refractivity contribution in [3.63, 3.8) is 0 Å². The molecular formula is C19H45Ga2I6N2-. The second-order valence-electron chi connectivity index (χ2n) is 9.93. The topological polar surface area (TPSA) is 6.48 Å². The van der Waals surface area contributed by atoms with Crippen LogP contribution < -0.4 is 13.3 Å². The van der Waals surface area contributed by atoms with Gasteiger partial charge in [0.05, 0.1) is 0 Å². The molecule has 180 valence electrons. The van der Waals surface area contributed by atoms with Crippen LogP contribution >= 0.6 is 98.4 Å². The van der Waals surface area contributed by atoms with Crippen LogP contribution in [-0.4, -0.2) is 86.7 Å². The first-order chi connectivity index (χ1) is 13.5. The molecule has 0 aliphatic carbocycles. The Balaban J connectivity index is -0.000000185. The third-order valence-electron chi connectivity index (χ3n) is 5.91. The number of nitrogens with zero attached hydrogens (tertiary/aromatic N) is 2. The molecule has 0 amide bonds. The van der Waals surface area contributed by atoms with Crippen LogP contribution in [0.25, 0.3) is 0 Å². The second-order valence-corrected chi connectivity index (χ2v) is 37.0. The van der Waals surface area contributed by atoms with Crippen molar-refractivity contribution in [2.45, 2.75) is 68.2 Å². The van der Waals surface area contributed by atoms with Gasteiger partial charge in [-0.3, -0.25) is 0 Å². The molecule has 0 saturated carbocycles. The summed E-state index contributed by atoms with van der Waals surface area (Å²) in [5, 5.41) is 0. The molecule has 0 aromatic rings. The van der Waals surface area contributed by atoms with Gasteiger partial charge in [0, 0.05) is 38.7 Å². The normalized spacial score (nSPS) is 23.7. The van der Waals surface area contributed by atoms with Crippen molar-refractivity contribution < 1.29 is 16.1 Å². The summed E-state index contributed by atoms with van der Waals surface area (Å²) in [5.41, 5.74) is 0. The third-order valence-corrected chi connectivity index (χ3v) is 9.33. The zero-order valence-electron chi connectivity index (χ0n) is 20.4. The molecule has 2 rings (SSSR count). The summed E-state index contributed by atoms with van der Waals surface area (Å²) in [5.74, 6) is 1.86. The van der Waals surface area contributed by atoms with Crippen LogP contribution in [-0.2, 0) is 0 Å². The molecule has 2 atom stereocenters. The molecule has 2 aliphatic rings. The van der Waals surface area contributed by atoms with E-state index in [0.717, 1.165) is 55.6 Å². The summed E-state index contributed by atoms with van der Waals surface area (Å²) in [7, 11) is 0.500. The summed E-state index contributed by atoms with van der Waals surface area (Å²) < 4.78 is 8.64. The standard InChI is InChI=1S/C10H20N.C9H18N.2Ga.I3.I2.HI.H2.4H/c1-4-11-7-5-6-10(8-11)9(2)3;1-8(2)9-5-4-6-10(3)7-9;;;1-3-2;1-2;;;;;;/h10H,4-8H2,1-3H3;9H,4-7H2,1-3H3;;;;;2*1H;;;;/q;;;;-1;;;;;;;/i;3T;;;;;;1+2;;;;. The first-order valence-electron chi connectivity index (χ1n) is 11.0. The SMILES string of the molecule is CCN1CCCC([C](C)(C)[GaH2])C1.I.II.I[I-]I.[3HH].[3H]CN1CCCC([C](C)(C)[GaH2])C1. The fraction of sp³-hybridized carbons (Fsp3) is 1.00. The van der Waals surface area contributed by atoms with Crippen molar-refractivity contribution >= 4 is 136 Å². The van der Waals surface area contributed by atoms with E-state index in [2.05, 4.69) is 119 Å². The molecule has 0 radical (unpaired) electrons. The van der Waals surface area contributed by atoms with Gasteiger partial charge in [0.25, 0.3) is 0 Å². The Labute approximate surface area is 275 Å². The van der Waals surface area contributed by atoms with Gasteiger partial charge in [0.1, 0.15) is 0 Å². The van der Waals surface area contributed by atoms with E-state index >= 15 is 0 Å². The Kier molecular flexibility index (Phi) is 28.8. The molecule has 0 aromatic heterocycles. The fourth-order valence-corrected chi connectivity index (χ4v) is 5.79. The Morgan fingerprint density at radius 3 is 1.79 bits per heavy atom. The van der Waals surface area contributed by atoms with E-state index in [-0.39, 0.29) is 25.4 Å². The fourth-order valence-electron chi connectivity index (χ4n) is 3.81. The summed E-state index contributed by atoms with van der Waals surface area (Å²) in [6.45, 7) is 18.3. The third kappa shape index (κ3) is 21.4. The predicted octanol–water partition coefficient (Wildman–Crippen LogP) is 4.12. The van der Waals surface area contributed by atoms with Crippen molar-refractivity contribution in [3.8, 4) is 0 Å². The van der Waals surface area contributed by atoms with Crippen LogP contribution in [0.4, 0.5) is 0 Å². The van der Waals surface area contributed by atoms with Crippen molar-refractivity contribution in [2.75, 3.05) is 39.7 Å². The zero-order chi connectivity index (χ0) is 23.1. The first-order valence-corrected chi connectivity index (χ1v) is 33.3. The molecule has 0 N–H and O–H groups in total. The van der Waals surface area contributed by atoms with Crippen molar-refractivity contribution in [1.29, 1.82) is 0 Å². The zero-order valence-corrected chi connectivity index (χ0v) is 40.9. The average Bonchev–Trinajstić information content (AvgIpc) is 2.69. The summed E-state index contributed by atoms with van der Waals surface area (Å²) in [6, 6.07) is 0. The maximum absolute atomic E-state index is 7.33. The molecule has 0 spiro atoms. The maximum atomic E-state index is 7.33. The number of hydrogen-bond acceptors (Lipinski definition) is 2. The summed E-state index contributed by atoms with van der Waals surface area (Å²) in [4.78, 5) is 4.89. The van der Waals surface area contributed by atoms with E-state index in [9.17, 15) is 0 Å². The number of halogens is 6. The van der Waals surface area contributed by atoms with Crippen LogP contribution in [0.2, 0.25) is 7.94 Å². The monoisotopic (exact) mass is 1200 g/mol. The molecule has 29 heavy (non-hydrogen) atoms. The van der Waals surface area contributed by atoms with Gasteiger partial charge in [-0.1, -0.05) is 0 Å². The molecule has 10 heteroatoms. The number of hydrogen-bond donors (Lipinski definition) is 0. The van der Waals surface area contributed by atoms with Crippen LogP contribution in [0.3, 0.4) is 0 Å². The molecule has 2 fully saturated rings. The minimum atomic E-state index is 0. The Hall–Kier alpha value is 5.57. The minimum absolute atomic E-state index is 0. The molecule has 2 nitrogen and oxygen atoms in total. The van der Waals surface area contributed by atoms with Crippen LogP contribution in [0.5, 0.6) is 0 Å². The summed E-state index contributed by atoms with van der Waals surface area (Å²) in [6.07, 6.45) is 5.61. The van der Waals surface area contributed by atoms with Gasteiger partial charge in [-0.2, -0.15) is 0 Å². The van der Waals surface area contributed by atoms with Gasteiger partial charge in [-0.15, -0.1) is 24.0 Å². The molecule has 2 aliphatic heterocycles. The number of rotatable bonds is 3. The van der Waals surface area contributed by atoms with E-state index in [1.54, 1.807) is 0 Å². The predicted molar refractivity (Wildman–Crippen MR) is 184 cm³/mol. The van der Waals surface area contributed by atoms with Crippen LogP contribution in [0, 0.1) is 11.8 Å². The van der Waals surface area contributed by atoms with E-state index in [1.165, 1.54) is 51.9 Å². The van der Waals surface area contributed by atoms with Gasteiger partial charge in [0.15, 0.2) is 0 Å². The molecule has 0 bridgehead atoms. The average molecular weight is 1210 g/mol.